The van der Waals surface area contributed by atoms with Gasteiger partial charge in [0.2, 0.25) is 0 Å². The quantitative estimate of drug-likeness (QED) is 0.287. The first kappa shape index (κ1) is 12.3. The van der Waals surface area contributed by atoms with Crippen molar-refractivity contribution in [2.24, 2.45) is 0 Å². The van der Waals surface area contributed by atoms with E-state index < -0.39 is 0 Å². The molecule has 0 spiro atoms. The molecule has 12 heavy (non-hydrogen) atoms. The zero-order valence-electron chi connectivity index (χ0n) is 8.81. The van der Waals surface area contributed by atoms with Crippen LogP contribution in [-0.4, -0.2) is 17.7 Å². The second-order valence-corrected chi connectivity index (χ2v) is 3.44. The Balaban J connectivity index is 2.86. The van der Waals surface area contributed by atoms with Gasteiger partial charge in [-0.15, -0.1) is 0 Å². The van der Waals surface area contributed by atoms with Gasteiger partial charge in [0, 0.05) is 0 Å². The monoisotopic (exact) mass is 160 g/mol. The third-order valence-electron chi connectivity index (χ3n) is 2.13. The summed E-state index contributed by atoms with van der Waals surface area (Å²) >= 11 is 2.27. The molecule has 0 fully saturated rings. The summed E-state index contributed by atoms with van der Waals surface area (Å²) < 4.78 is 0. The van der Waals surface area contributed by atoms with Crippen LogP contribution in [0.2, 0.25) is 5.09 Å². The van der Waals surface area contributed by atoms with Crippen molar-refractivity contribution in [1.29, 1.82) is 0 Å². The zero-order valence-corrected chi connectivity index (χ0v) is 8.81. The minimum atomic E-state index is 1.19. The normalized spacial score (nSPS) is 11.2. The Labute approximate surface area is 87.0 Å². The fourth-order valence-corrected chi connectivity index (χ4v) is 1.33. The van der Waals surface area contributed by atoms with Crippen molar-refractivity contribution < 1.29 is 0 Å². The second kappa shape index (κ2) is 11.3. The van der Waals surface area contributed by atoms with E-state index in [0.717, 1.165) is 0 Å². The van der Waals surface area contributed by atoms with Crippen molar-refractivity contribution in [2.45, 2.75) is 57.0 Å². The average molecular weight is 160 g/mol. The Morgan fingerprint density at radius 3 is 2.25 bits per heavy atom. The number of unbranched alkanes of at least 4 members (excludes halogenated alkanes) is 5. The molecule has 1 heteroatoms. The Morgan fingerprint density at radius 2 is 1.58 bits per heavy atom. The van der Waals surface area contributed by atoms with E-state index in [1.807, 2.05) is 0 Å². The van der Waals surface area contributed by atoms with Crippen molar-refractivity contribution in [3.8, 4) is 0 Å². The maximum atomic E-state index is 2.32. The first-order valence-corrected chi connectivity index (χ1v) is 5.56. The van der Waals surface area contributed by atoms with Crippen molar-refractivity contribution >= 4 is 17.7 Å². The van der Waals surface area contributed by atoms with E-state index in [2.05, 4.69) is 36.8 Å². The average Bonchev–Trinajstić information content (AvgIpc) is 2.10. The third kappa shape index (κ3) is 10.3. The molecule has 0 aromatic heterocycles. The molecule has 0 heterocycles. The molecule has 0 N–H and O–H groups in total. The van der Waals surface area contributed by atoms with Crippen molar-refractivity contribution in [3.05, 3.63) is 12.2 Å². The molecule has 0 rings (SSSR count). The van der Waals surface area contributed by atoms with Crippen LogP contribution in [0, 0.1) is 0 Å². The van der Waals surface area contributed by atoms with Gasteiger partial charge in [0.05, 0.1) is 0 Å². The molecule has 0 radical (unpaired) electrons. The fraction of sp³-hybridized carbons (Fsp3) is 0.818. The van der Waals surface area contributed by atoms with Crippen LogP contribution >= 0.6 is 0 Å². The third-order valence-corrected chi connectivity index (χ3v) is 2.13. The predicted octanol–water partition coefficient (Wildman–Crippen LogP) is 3.88. The van der Waals surface area contributed by atoms with Gasteiger partial charge in [-0.3, -0.25) is 0 Å². The van der Waals surface area contributed by atoms with Gasteiger partial charge in [0.15, 0.2) is 0 Å². The molecule has 0 aromatic carbocycles. The molecule has 0 aliphatic carbocycles. The van der Waals surface area contributed by atoms with Crippen LogP contribution in [0.15, 0.2) is 12.2 Å². The summed E-state index contributed by atoms with van der Waals surface area (Å²) in [6, 6.07) is 0. The van der Waals surface area contributed by atoms with Gasteiger partial charge < -0.3 is 0 Å². The Bertz CT molecular complexity index is 97.2. The standard InChI is InChI=1S/C11H21.Li/c1-3-5-7-9-11-10-8-6-4-2;/h6,8H,1,3-5,7,9-11H2,2H3;/b8-6+;. The van der Waals surface area contributed by atoms with E-state index in [4.69, 9.17) is 0 Å². The second-order valence-electron chi connectivity index (χ2n) is 3.44. The molecule has 0 aliphatic rings. The van der Waals surface area contributed by atoms with Crippen molar-refractivity contribution in [3.63, 3.8) is 0 Å². The van der Waals surface area contributed by atoms with Gasteiger partial charge in [0.1, 0.15) is 0 Å². The predicted molar refractivity (Wildman–Crippen MR) is 57.7 cm³/mol. The molecule has 0 amide bonds. The fourth-order valence-electron chi connectivity index (χ4n) is 1.33. The molecule has 0 aliphatic heterocycles. The first-order chi connectivity index (χ1) is 5.91. The molecule has 0 unspecified atom stereocenters. The molecule has 66 valence electrons. The van der Waals surface area contributed by atoms with Crippen LogP contribution < -0.4 is 0 Å². The van der Waals surface area contributed by atoms with Crippen LogP contribution in [0.5, 0.6) is 0 Å². The Morgan fingerprint density at radius 1 is 0.917 bits per heavy atom. The summed E-state index contributed by atoms with van der Waals surface area (Å²) in [5.41, 5.74) is 0. The van der Waals surface area contributed by atoms with Gasteiger partial charge in [-0.05, 0) is 0 Å². The molecule has 0 atom stereocenters. The summed E-state index contributed by atoms with van der Waals surface area (Å²) in [5.74, 6) is 0. The number of hydrogen-bond donors (Lipinski definition) is 0. The van der Waals surface area contributed by atoms with E-state index in [9.17, 15) is 0 Å². The van der Waals surface area contributed by atoms with Crippen molar-refractivity contribution in [2.75, 3.05) is 0 Å². The number of allylic oxidation sites excluding steroid dienone is 2. The summed E-state index contributed by atoms with van der Waals surface area (Å²) in [6.07, 6.45) is 14.2. The van der Waals surface area contributed by atoms with Crippen LogP contribution in [-0.2, 0) is 0 Å². The zero-order chi connectivity index (χ0) is 9.07. The molecular weight excluding hydrogens is 139 g/mol. The molecule has 0 nitrogen and oxygen atoms in total. The Hall–Kier alpha value is 0.337. The minimum absolute atomic E-state index is 1.19. The molecule has 0 bridgehead atoms. The number of rotatable bonds is 8. The summed E-state index contributed by atoms with van der Waals surface area (Å²) in [6.45, 7) is 2.19. The molecular formula is C11H21Li. The van der Waals surface area contributed by atoms with Crippen LogP contribution in [0.3, 0.4) is 0 Å². The maximum absolute atomic E-state index is 2.32. The topological polar surface area (TPSA) is 0 Å². The van der Waals surface area contributed by atoms with Gasteiger partial charge in [-0.2, -0.15) is 0 Å². The molecule has 0 saturated heterocycles. The summed E-state index contributed by atoms with van der Waals surface area (Å²) in [7, 11) is 0. The van der Waals surface area contributed by atoms with E-state index in [0.29, 0.717) is 0 Å². The van der Waals surface area contributed by atoms with Gasteiger partial charge in [-0.1, -0.05) is 0 Å². The summed E-state index contributed by atoms with van der Waals surface area (Å²) in [4.78, 5) is 0. The summed E-state index contributed by atoms with van der Waals surface area (Å²) in [5, 5.41) is 1.36. The van der Waals surface area contributed by atoms with Gasteiger partial charge >= 0.3 is 86.8 Å². The van der Waals surface area contributed by atoms with E-state index in [-0.39, 0.29) is 0 Å². The van der Waals surface area contributed by atoms with Crippen molar-refractivity contribution in [1.82, 2.24) is 0 Å². The molecule has 0 aromatic rings. The van der Waals surface area contributed by atoms with E-state index >= 15 is 0 Å². The van der Waals surface area contributed by atoms with Gasteiger partial charge in [0.25, 0.3) is 0 Å². The Kier molecular flexibility index (Phi) is 11.7. The number of hydrogen-bond acceptors (Lipinski definition) is 0. The van der Waals surface area contributed by atoms with Crippen LogP contribution in [0.25, 0.3) is 0 Å². The van der Waals surface area contributed by atoms with E-state index in [1.54, 1.807) is 0 Å². The molecule has 0 saturated carbocycles. The van der Waals surface area contributed by atoms with E-state index in [1.165, 1.54) is 50.0 Å². The SMILES string of the molecule is [Li][CH2]CCCCCC/C=C/CC. The van der Waals surface area contributed by atoms with Crippen LogP contribution in [0.1, 0.15) is 51.9 Å². The van der Waals surface area contributed by atoms with Gasteiger partial charge in [-0.25, -0.2) is 0 Å². The first-order valence-electron chi connectivity index (χ1n) is 5.56. The van der Waals surface area contributed by atoms with Crippen LogP contribution in [0.4, 0.5) is 0 Å².